The summed E-state index contributed by atoms with van der Waals surface area (Å²) >= 11 is 1.28. The van der Waals surface area contributed by atoms with Crippen LogP contribution in [0.3, 0.4) is 0 Å². The predicted molar refractivity (Wildman–Crippen MR) is 99.6 cm³/mol. The Morgan fingerprint density at radius 2 is 1.89 bits per heavy atom. The summed E-state index contributed by atoms with van der Waals surface area (Å²) in [4.78, 5) is 4.38. The monoisotopic (exact) mass is 382 g/mol. The van der Waals surface area contributed by atoms with Crippen LogP contribution in [0, 0.1) is 12.7 Å². The van der Waals surface area contributed by atoms with Gasteiger partial charge in [0, 0.05) is 5.56 Å². The molecular formula is C18H15FN6OS. The molecule has 0 bridgehead atoms. The van der Waals surface area contributed by atoms with E-state index in [1.165, 1.54) is 22.5 Å². The number of nitrogens with two attached hydrogens (primary N) is 1. The molecule has 2 aromatic carbocycles. The van der Waals surface area contributed by atoms with Crippen molar-refractivity contribution in [1.29, 1.82) is 0 Å². The molecule has 0 unspecified atom stereocenters. The van der Waals surface area contributed by atoms with Gasteiger partial charge < -0.3 is 10.4 Å². The van der Waals surface area contributed by atoms with Crippen LogP contribution in [0.15, 0.2) is 58.2 Å². The molecule has 0 radical (unpaired) electrons. The second kappa shape index (κ2) is 7.20. The highest BCUT2D eigenvalue weighted by Gasteiger charge is 2.16. The van der Waals surface area contributed by atoms with Gasteiger partial charge in [0.05, 0.1) is 11.3 Å². The molecular weight excluding hydrogens is 367 g/mol. The van der Waals surface area contributed by atoms with Crippen molar-refractivity contribution < 1.29 is 8.91 Å². The number of aromatic nitrogens is 5. The van der Waals surface area contributed by atoms with E-state index >= 15 is 0 Å². The van der Waals surface area contributed by atoms with Gasteiger partial charge in [0.1, 0.15) is 5.82 Å². The molecule has 0 saturated heterocycles. The number of rotatable bonds is 5. The summed E-state index contributed by atoms with van der Waals surface area (Å²) < 4.78 is 20.5. The molecule has 2 aromatic heterocycles. The Labute approximate surface area is 158 Å². The van der Waals surface area contributed by atoms with Gasteiger partial charge in [-0.1, -0.05) is 58.9 Å². The van der Waals surface area contributed by atoms with E-state index in [9.17, 15) is 4.39 Å². The normalized spacial score (nSPS) is 11.0. The lowest BCUT2D eigenvalue weighted by molar-refractivity contribution is 0.391. The standard InChI is InChI=1S/C18H15FN6OS/c1-11-6-8-12(9-7-11)16-21-15(26-24-16)10-27-18-23-22-17(25(18)20)13-4-2-3-5-14(13)19/h2-9H,10,20H2,1H3. The molecule has 0 fully saturated rings. The number of nitrogen functional groups attached to an aromatic ring is 1. The molecule has 0 spiro atoms. The minimum Gasteiger partial charge on any atom is -0.338 e. The molecule has 9 heteroatoms. The molecule has 2 N–H and O–H groups in total. The number of nitrogens with zero attached hydrogens (tertiary/aromatic N) is 5. The van der Waals surface area contributed by atoms with Crippen molar-refractivity contribution in [2.24, 2.45) is 0 Å². The fraction of sp³-hybridized carbons (Fsp3) is 0.111. The van der Waals surface area contributed by atoms with E-state index in [0.29, 0.717) is 28.2 Å². The molecule has 2 heterocycles. The van der Waals surface area contributed by atoms with Gasteiger partial charge in [0.2, 0.25) is 16.9 Å². The van der Waals surface area contributed by atoms with Gasteiger partial charge in [-0.05, 0) is 19.1 Å². The molecule has 27 heavy (non-hydrogen) atoms. The highest BCUT2D eigenvalue weighted by Crippen LogP contribution is 2.26. The Hall–Kier alpha value is -3.20. The Kier molecular flexibility index (Phi) is 4.59. The summed E-state index contributed by atoms with van der Waals surface area (Å²) in [7, 11) is 0. The van der Waals surface area contributed by atoms with Crippen LogP contribution >= 0.6 is 11.8 Å². The molecule has 0 amide bonds. The van der Waals surface area contributed by atoms with Crippen molar-refractivity contribution in [3.63, 3.8) is 0 Å². The summed E-state index contributed by atoms with van der Waals surface area (Å²) in [5.41, 5.74) is 2.33. The fourth-order valence-corrected chi connectivity index (χ4v) is 3.16. The van der Waals surface area contributed by atoms with Gasteiger partial charge in [-0.15, -0.1) is 10.2 Å². The Morgan fingerprint density at radius 1 is 1.11 bits per heavy atom. The lowest BCUT2D eigenvalue weighted by atomic mass is 10.1. The Morgan fingerprint density at radius 3 is 2.67 bits per heavy atom. The lowest BCUT2D eigenvalue weighted by Gasteiger charge is -2.03. The second-order valence-corrected chi connectivity index (χ2v) is 6.76. The molecule has 136 valence electrons. The maximum absolute atomic E-state index is 13.9. The summed E-state index contributed by atoms with van der Waals surface area (Å²) in [6.07, 6.45) is 0. The largest absolute Gasteiger partial charge is 0.338 e. The first-order chi connectivity index (χ1) is 13.1. The van der Waals surface area contributed by atoms with Crippen molar-refractivity contribution in [3.05, 3.63) is 65.8 Å². The molecule has 7 nitrogen and oxygen atoms in total. The van der Waals surface area contributed by atoms with Gasteiger partial charge >= 0.3 is 0 Å². The van der Waals surface area contributed by atoms with Gasteiger partial charge in [0.15, 0.2) is 5.82 Å². The highest BCUT2D eigenvalue weighted by atomic mass is 32.2. The van der Waals surface area contributed by atoms with E-state index in [0.717, 1.165) is 11.1 Å². The van der Waals surface area contributed by atoms with Gasteiger partial charge in [0.25, 0.3) is 0 Å². The zero-order valence-corrected chi connectivity index (χ0v) is 15.2. The number of hydrogen-bond donors (Lipinski definition) is 1. The maximum Gasteiger partial charge on any atom is 0.237 e. The highest BCUT2D eigenvalue weighted by molar-refractivity contribution is 7.98. The first-order valence-corrected chi connectivity index (χ1v) is 9.08. The fourth-order valence-electron chi connectivity index (χ4n) is 2.46. The Balaban J connectivity index is 1.49. The predicted octanol–water partition coefficient (Wildman–Crippen LogP) is 3.45. The van der Waals surface area contributed by atoms with Crippen LogP contribution in [0.2, 0.25) is 0 Å². The number of thioether (sulfide) groups is 1. The topological polar surface area (TPSA) is 95.7 Å². The van der Waals surface area contributed by atoms with E-state index in [1.807, 2.05) is 31.2 Å². The first kappa shape index (κ1) is 17.2. The van der Waals surface area contributed by atoms with E-state index < -0.39 is 5.82 Å². The van der Waals surface area contributed by atoms with Crippen molar-refractivity contribution >= 4 is 11.8 Å². The third-order valence-electron chi connectivity index (χ3n) is 3.88. The molecule has 4 aromatic rings. The minimum atomic E-state index is -0.409. The molecule has 4 rings (SSSR count). The van der Waals surface area contributed by atoms with Gasteiger partial charge in [-0.25, -0.2) is 9.07 Å². The van der Waals surface area contributed by atoms with E-state index in [4.69, 9.17) is 10.4 Å². The number of aryl methyl sites for hydroxylation is 1. The zero-order valence-electron chi connectivity index (χ0n) is 14.3. The summed E-state index contributed by atoms with van der Waals surface area (Å²) in [6.45, 7) is 2.01. The van der Waals surface area contributed by atoms with Crippen LogP contribution in [-0.2, 0) is 5.75 Å². The second-order valence-electron chi connectivity index (χ2n) is 5.82. The molecule has 0 saturated carbocycles. The minimum absolute atomic E-state index is 0.251. The SMILES string of the molecule is Cc1ccc(-c2noc(CSc3nnc(-c4ccccc4F)n3N)n2)cc1. The third kappa shape index (κ3) is 3.54. The summed E-state index contributed by atoms with van der Waals surface area (Å²) in [5.74, 6) is 7.18. The van der Waals surface area contributed by atoms with Crippen LogP contribution in [-0.4, -0.2) is 25.0 Å². The van der Waals surface area contributed by atoms with Crippen molar-refractivity contribution in [2.75, 3.05) is 5.84 Å². The average molecular weight is 382 g/mol. The Bertz CT molecular complexity index is 1080. The van der Waals surface area contributed by atoms with Crippen LogP contribution in [0.1, 0.15) is 11.5 Å². The van der Waals surface area contributed by atoms with Crippen LogP contribution in [0.5, 0.6) is 0 Å². The summed E-state index contributed by atoms with van der Waals surface area (Å²) in [6, 6.07) is 14.1. The quantitative estimate of drug-likeness (QED) is 0.417. The lowest BCUT2D eigenvalue weighted by Crippen LogP contribution is -2.12. The van der Waals surface area contributed by atoms with Crippen LogP contribution in [0.25, 0.3) is 22.8 Å². The van der Waals surface area contributed by atoms with Gasteiger partial charge in [-0.3, -0.25) is 0 Å². The number of halogens is 1. The van der Waals surface area contributed by atoms with Crippen molar-refractivity contribution in [2.45, 2.75) is 17.8 Å². The average Bonchev–Trinajstić information content (AvgIpc) is 3.28. The smallest absolute Gasteiger partial charge is 0.237 e. The summed E-state index contributed by atoms with van der Waals surface area (Å²) in [5, 5.41) is 12.4. The third-order valence-corrected chi connectivity index (χ3v) is 4.81. The molecule has 0 aliphatic rings. The van der Waals surface area contributed by atoms with E-state index in [2.05, 4.69) is 20.3 Å². The van der Waals surface area contributed by atoms with Gasteiger partial charge in [-0.2, -0.15) is 4.98 Å². The number of hydrogen-bond acceptors (Lipinski definition) is 7. The van der Waals surface area contributed by atoms with E-state index in [-0.39, 0.29) is 5.82 Å². The molecule has 0 aliphatic carbocycles. The molecule has 0 aliphatic heterocycles. The molecule has 0 atom stereocenters. The van der Waals surface area contributed by atoms with Crippen LogP contribution < -0.4 is 5.84 Å². The number of benzene rings is 2. The first-order valence-electron chi connectivity index (χ1n) is 8.09. The maximum atomic E-state index is 13.9. The van der Waals surface area contributed by atoms with Crippen molar-refractivity contribution in [1.82, 2.24) is 25.0 Å². The van der Waals surface area contributed by atoms with Crippen molar-refractivity contribution in [3.8, 4) is 22.8 Å². The zero-order chi connectivity index (χ0) is 18.8. The van der Waals surface area contributed by atoms with Crippen LogP contribution in [0.4, 0.5) is 4.39 Å². The van der Waals surface area contributed by atoms with E-state index in [1.54, 1.807) is 18.2 Å².